The molecule has 1 aromatic heterocycles. The van der Waals surface area contributed by atoms with E-state index in [0.29, 0.717) is 25.1 Å². The van der Waals surface area contributed by atoms with Crippen LogP contribution >= 0.6 is 0 Å². The van der Waals surface area contributed by atoms with Gasteiger partial charge in [0.25, 0.3) is 0 Å². The molecule has 13 heteroatoms. The van der Waals surface area contributed by atoms with Crippen LogP contribution in [0.15, 0.2) is 12.5 Å². The van der Waals surface area contributed by atoms with E-state index in [0.717, 1.165) is 6.42 Å². The minimum atomic E-state index is -1.57. The number of amides is 3. The van der Waals surface area contributed by atoms with Gasteiger partial charge in [-0.05, 0) is 32.2 Å². The van der Waals surface area contributed by atoms with Crippen molar-refractivity contribution in [1.82, 2.24) is 25.9 Å². The van der Waals surface area contributed by atoms with E-state index in [1.165, 1.54) is 19.4 Å². The number of aromatic amines is 1. The molecule has 0 fully saturated rings. The number of hydrogen-bond acceptors (Lipinski definition) is 8. The number of imidazole rings is 1. The highest BCUT2D eigenvalue weighted by atomic mass is 16.4. The molecule has 5 atom stereocenters. The molecule has 13 nitrogen and oxygen atoms in total. The molecule has 0 radical (unpaired) electrons. The Hall–Kier alpha value is -3.03. The molecule has 0 saturated carbocycles. The van der Waals surface area contributed by atoms with Crippen LogP contribution in [0.4, 0.5) is 0 Å². The van der Waals surface area contributed by atoms with Gasteiger partial charge in [-0.2, -0.15) is 0 Å². The molecule has 34 heavy (non-hydrogen) atoms. The summed E-state index contributed by atoms with van der Waals surface area (Å²) < 4.78 is 0. The van der Waals surface area contributed by atoms with Gasteiger partial charge in [-0.3, -0.25) is 14.4 Å². The molecule has 0 aliphatic heterocycles. The number of carboxylic acids is 1. The Labute approximate surface area is 198 Å². The van der Waals surface area contributed by atoms with Crippen molar-refractivity contribution in [3.63, 3.8) is 0 Å². The van der Waals surface area contributed by atoms with Gasteiger partial charge in [0.1, 0.15) is 12.1 Å². The molecule has 1 aromatic rings. The predicted octanol–water partition coefficient (Wildman–Crippen LogP) is -2.02. The first-order valence-corrected chi connectivity index (χ1v) is 11.2. The van der Waals surface area contributed by atoms with Crippen LogP contribution in [0.25, 0.3) is 0 Å². The smallest absolute Gasteiger partial charge is 0.328 e. The minimum absolute atomic E-state index is 0.0267. The second-order valence-corrected chi connectivity index (χ2v) is 8.53. The molecule has 0 bridgehead atoms. The highest BCUT2D eigenvalue weighted by molar-refractivity contribution is 5.94. The maximum atomic E-state index is 13.0. The number of nitrogens with one attached hydrogen (secondary N) is 4. The third kappa shape index (κ3) is 9.45. The SMILES string of the molecule is CC(C)C(NC(=O)C(N)CCCCN)C(=O)NC(Cc1cnc[nH]1)C(=O)NC(C(=O)O)C(C)O. The van der Waals surface area contributed by atoms with E-state index in [4.69, 9.17) is 11.5 Å². The van der Waals surface area contributed by atoms with Crippen molar-refractivity contribution in [2.45, 2.75) is 76.7 Å². The van der Waals surface area contributed by atoms with Crippen molar-refractivity contribution in [3.8, 4) is 0 Å². The number of aliphatic hydroxyl groups is 1. The Morgan fingerprint density at radius 2 is 1.68 bits per heavy atom. The van der Waals surface area contributed by atoms with Crippen molar-refractivity contribution >= 4 is 23.7 Å². The number of nitrogens with zero attached hydrogens (tertiary/aromatic N) is 1. The second kappa shape index (κ2) is 14.3. The van der Waals surface area contributed by atoms with E-state index in [2.05, 4.69) is 25.9 Å². The van der Waals surface area contributed by atoms with Crippen LogP contribution in [0.3, 0.4) is 0 Å². The number of H-pyrrole nitrogens is 1. The van der Waals surface area contributed by atoms with E-state index >= 15 is 0 Å². The zero-order chi connectivity index (χ0) is 25.8. The van der Waals surface area contributed by atoms with Crippen LogP contribution in [0, 0.1) is 5.92 Å². The molecule has 0 aromatic carbocycles. The normalized spacial score (nSPS) is 15.6. The van der Waals surface area contributed by atoms with Crippen molar-refractivity contribution in [3.05, 3.63) is 18.2 Å². The molecule has 0 saturated heterocycles. The number of nitrogens with two attached hydrogens (primary N) is 2. The summed E-state index contributed by atoms with van der Waals surface area (Å²) in [4.78, 5) is 56.4. The molecular formula is C21H37N7O6. The third-order valence-corrected chi connectivity index (χ3v) is 5.21. The van der Waals surface area contributed by atoms with Gasteiger partial charge in [0, 0.05) is 18.3 Å². The molecule has 3 amide bonds. The topological polar surface area (TPSA) is 226 Å². The second-order valence-electron chi connectivity index (χ2n) is 8.53. The largest absolute Gasteiger partial charge is 0.480 e. The third-order valence-electron chi connectivity index (χ3n) is 5.21. The van der Waals surface area contributed by atoms with Crippen LogP contribution in [0.1, 0.15) is 45.7 Å². The molecular weight excluding hydrogens is 446 g/mol. The van der Waals surface area contributed by atoms with E-state index in [-0.39, 0.29) is 12.3 Å². The van der Waals surface area contributed by atoms with Gasteiger partial charge in [-0.25, -0.2) is 9.78 Å². The molecule has 0 spiro atoms. The lowest BCUT2D eigenvalue weighted by Gasteiger charge is -2.27. The zero-order valence-electron chi connectivity index (χ0n) is 19.8. The van der Waals surface area contributed by atoms with Crippen LogP contribution < -0.4 is 27.4 Å². The molecule has 0 aliphatic carbocycles. The average Bonchev–Trinajstić information content (AvgIpc) is 3.27. The summed E-state index contributed by atoms with van der Waals surface area (Å²) in [5.41, 5.74) is 11.9. The summed E-state index contributed by atoms with van der Waals surface area (Å²) in [7, 11) is 0. The Morgan fingerprint density at radius 1 is 1.03 bits per heavy atom. The number of rotatable bonds is 15. The standard InChI is InChI=1S/C21H37N7O6/c1-11(2)16(27-18(30)14(23)6-4-5-7-22)20(32)26-15(8-13-9-24-10-25-13)19(31)28-17(12(3)29)21(33)34/h9-12,14-17,29H,4-8,22-23H2,1-3H3,(H,24,25)(H,26,32)(H,27,30)(H,28,31)(H,33,34). The highest BCUT2D eigenvalue weighted by Crippen LogP contribution is 2.07. The van der Waals surface area contributed by atoms with Crippen molar-refractivity contribution in [2.75, 3.05) is 6.54 Å². The van der Waals surface area contributed by atoms with Gasteiger partial charge in [0.15, 0.2) is 6.04 Å². The predicted molar refractivity (Wildman–Crippen MR) is 123 cm³/mol. The van der Waals surface area contributed by atoms with Crippen LogP contribution in [-0.2, 0) is 25.6 Å². The number of aromatic nitrogens is 2. The summed E-state index contributed by atoms with van der Waals surface area (Å²) in [6.07, 6.45) is 3.27. The molecule has 5 unspecified atom stereocenters. The number of hydrogen-bond donors (Lipinski definition) is 8. The van der Waals surface area contributed by atoms with E-state index in [1.54, 1.807) is 13.8 Å². The number of aliphatic carboxylic acids is 1. The van der Waals surface area contributed by atoms with Gasteiger partial charge in [-0.15, -0.1) is 0 Å². The summed E-state index contributed by atoms with van der Waals surface area (Å²) in [5.74, 6) is -3.71. The Balaban J connectivity index is 2.97. The lowest BCUT2D eigenvalue weighted by Crippen LogP contribution is -2.59. The molecule has 10 N–H and O–H groups in total. The van der Waals surface area contributed by atoms with E-state index < -0.39 is 54.0 Å². The van der Waals surface area contributed by atoms with E-state index in [9.17, 15) is 29.4 Å². The summed E-state index contributed by atoms with van der Waals surface area (Å²) in [5, 5.41) is 26.4. The van der Waals surface area contributed by atoms with Gasteiger partial charge >= 0.3 is 5.97 Å². The maximum Gasteiger partial charge on any atom is 0.328 e. The Morgan fingerprint density at radius 3 is 2.18 bits per heavy atom. The monoisotopic (exact) mass is 483 g/mol. The first-order chi connectivity index (χ1) is 16.0. The number of aliphatic hydroxyl groups excluding tert-OH is 1. The lowest BCUT2D eigenvalue weighted by atomic mass is 10.0. The maximum absolute atomic E-state index is 13.0. The Bertz CT molecular complexity index is 800. The number of carbonyl (C=O) groups is 4. The minimum Gasteiger partial charge on any atom is -0.480 e. The highest BCUT2D eigenvalue weighted by Gasteiger charge is 2.33. The van der Waals surface area contributed by atoms with Crippen LogP contribution in [0.5, 0.6) is 0 Å². The van der Waals surface area contributed by atoms with Gasteiger partial charge in [-0.1, -0.05) is 20.3 Å². The fraction of sp³-hybridized carbons (Fsp3) is 0.667. The van der Waals surface area contributed by atoms with Crippen LogP contribution in [-0.4, -0.2) is 80.7 Å². The van der Waals surface area contributed by atoms with Crippen molar-refractivity contribution in [1.29, 1.82) is 0 Å². The molecule has 1 rings (SSSR count). The lowest BCUT2D eigenvalue weighted by molar-refractivity contribution is -0.145. The summed E-state index contributed by atoms with van der Waals surface area (Å²) >= 11 is 0. The summed E-state index contributed by atoms with van der Waals surface area (Å²) in [6.45, 7) is 5.16. The van der Waals surface area contributed by atoms with Crippen molar-refractivity contribution in [2.24, 2.45) is 17.4 Å². The zero-order valence-corrected chi connectivity index (χ0v) is 19.8. The average molecular weight is 484 g/mol. The molecule has 192 valence electrons. The number of unbranched alkanes of at least 4 members (excludes halogenated alkanes) is 1. The first kappa shape index (κ1) is 29.0. The number of carbonyl (C=O) groups excluding carboxylic acids is 3. The van der Waals surface area contributed by atoms with Crippen LogP contribution in [0.2, 0.25) is 0 Å². The van der Waals surface area contributed by atoms with Crippen molar-refractivity contribution < 1.29 is 29.4 Å². The Kier molecular flexibility index (Phi) is 12.2. The van der Waals surface area contributed by atoms with Gasteiger partial charge < -0.3 is 42.6 Å². The molecule has 1 heterocycles. The fourth-order valence-corrected chi connectivity index (χ4v) is 3.16. The molecule has 0 aliphatic rings. The van der Waals surface area contributed by atoms with Gasteiger partial charge in [0.05, 0.1) is 18.5 Å². The number of carboxylic acid groups (broad SMARTS) is 1. The summed E-state index contributed by atoms with van der Waals surface area (Å²) in [6, 6.07) is -4.57. The first-order valence-electron chi connectivity index (χ1n) is 11.2. The fourth-order valence-electron chi connectivity index (χ4n) is 3.16. The quantitative estimate of drug-likeness (QED) is 0.129. The van der Waals surface area contributed by atoms with Gasteiger partial charge in [0.2, 0.25) is 17.7 Å². The van der Waals surface area contributed by atoms with E-state index in [1.807, 2.05) is 0 Å².